The molecular weight excluding hydrogens is 214 g/mol. The largest absolute Gasteiger partial charge is 0.330 e. The highest BCUT2D eigenvalue weighted by atomic mass is 16.1. The van der Waals surface area contributed by atoms with Crippen molar-refractivity contribution in [1.82, 2.24) is 9.78 Å². The molecule has 0 aliphatic heterocycles. The maximum atomic E-state index is 12.2. The van der Waals surface area contributed by atoms with Gasteiger partial charge in [0, 0.05) is 25.1 Å². The van der Waals surface area contributed by atoms with Crippen LogP contribution >= 0.6 is 0 Å². The summed E-state index contributed by atoms with van der Waals surface area (Å²) < 4.78 is 1.81. The van der Waals surface area contributed by atoms with Gasteiger partial charge in [0.15, 0.2) is 0 Å². The molecule has 0 bridgehead atoms. The van der Waals surface area contributed by atoms with Crippen LogP contribution in [0, 0.1) is 18.8 Å². The van der Waals surface area contributed by atoms with Gasteiger partial charge in [-0.05, 0) is 38.3 Å². The molecule has 2 N–H and O–H groups in total. The molecule has 1 aliphatic rings. The van der Waals surface area contributed by atoms with Crippen LogP contribution in [0.25, 0.3) is 0 Å². The van der Waals surface area contributed by atoms with Crippen molar-refractivity contribution in [1.29, 1.82) is 0 Å². The second-order valence-electron chi connectivity index (χ2n) is 5.08. The van der Waals surface area contributed by atoms with Gasteiger partial charge in [-0.25, -0.2) is 0 Å². The smallest absolute Gasteiger partial charge is 0.142 e. The van der Waals surface area contributed by atoms with Gasteiger partial charge in [-0.3, -0.25) is 9.48 Å². The van der Waals surface area contributed by atoms with Crippen molar-refractivity contribution >= 4 is 5.78 Å². The Balaban J connectivity index is 2.04. The van der Waals surface area contributed by atoms with E-state index in [1.807, 2.05) is 20.0 Å². The number of carbonyl (C=O) groups excluding carboxylic acids is 1. The van der Waals surface area contributed by atoms with Gasteiger partial charge in [0.05, 0.1) is 5.69 Å². The zero-order valence-electron chi connectivity index (χ0n) is 10.6. The summed E-state index contributed by atoms with van der Waals surface area (Å²) in [6, 6.07) is 1.99. The molecule has 17 heavy (non-hydrogen) atoms. The van der Waals surface area contributed by atoms with Crippen molar-refractivity contribution in [3.8, 4) is 0 Å². The van der Waals surface area contributed by atoms with Crippen LogP contribution in [-0.4, -0.2) is 22.1 Å². The lowest BCUT2D eigenvalue weighted by Gasteiger charge is -2.16. The number of hydrogen-bond acceptors (Lipinski definition) is 3. The van der Waals surface area contributed by atoms with Crippen molar-refractivity contribution < 1.29 is 4.79 Å². The number of rotatable bonds is 4. The van der Waals surface area contributed by atoms with Crippen LogP contribution in [-0.2, 0) is 18.3 Å². The quantitative estimate of drug-likeness (QED) is 0.853. The van der Waals surface area contributed by atoms with Gasteiger partial charge in [-0.1, -0.05) is 6.42 Å². The highest BCUT2D eigenvalue weighted by Gasteiger charge is 2.31. The fourth-order valence-corrected chi connectivity index (χ4v) is 2.88. The number of aromatic nitrogens is 2. The zero-order chi connectivity index (χ0) is 12.4. The molecule has 1 aromatic rings. The lowest BCUT2D eigenvalue weighted by molar-refractivity contribution is -0.123. The number of ketones is 1. The molecule has 0 saturated heterocycles. The van der Waals surface area contributed by atoms with E-state index in [1.165, 1.54) is 0 Å². The Morgan fingerprint density at radius 2 is 2.35 bits per heavy atom. The summed E-state index contributed by atoms with van der Waals surface area (Å²) in [4.78, 5) is 12.2. The molecule has 2 rings (SSSR count). The summed E-state index contributed by atoms with van der Waals surface area (Å²) in [7, 11) is 1.89. The lowest BCUT2D eigenvalue weighted by Crippen LogP contribution is -2.26. The molecule has 0 aromatic carbocycles. The maximum absolute atomic E-state index is 12.2. The van der Waals surface area contributed by atoms with Crippen LogP contribution in [0.5, 0.6) is 0 Å². The number of hydrogen-bond donors (Lipinski definition) is 1. The Labute approximate surface area is 102 Å². The van der Waals surface area contributed by atoms with Gasteiger partial charge < -0.3 is 5.73 Å². The Morgan fingerprint density at radius 3 is 2.94 bits per heavy atom. The summed E-state index contributed by atoms with van der Waals surface area (Å²) in [6.07, 6.45) is 3.76. The van der Waals surface area contributed by atoms with E-state index in [2.05, 4.69) is 5.10 Å². The van der Waals surface area contributed by atoms with Gasteiger partial charge in [-0.2, -0.15) is 5.10 Å². The molecule has 2 unspecified atom stereocenters. The third-order valence-corrected chi connectivity index (χ3v) is 3.83. The molecule has 0 spiro atoms. The number of Topliss-reactive ketones (excluding diaryl/α,β-unsaturated/α-hetero) is 1. The number of nitrogens with two attached hydrogens (primary N) is 1. The second-order valence-corrected chi connectivity index (χ2v) is 5.08. The van der Waals surface area contributed by atoms with Gasteiger partial charge in [0.1, 0.15) is 5.78 Å². The van der Waals surface area contributed by atoms with Crippen molar-refractivity contribution in [2.45, 2.75) is 32.6 Å². The van der Waals surface area contributed by atoms with Crippen LogP contribution in [0.4, 0.5) is 0 Å². The number of carbonyl (C=O) groups is 1. The van der Waals surface area contributed by atoms with E-state index < -0.39 is 0 Å². The van der Waals surface area contributed by atoms with Crippen molar-refractivity contribution in [2.24, 2.45) is 24.6 Å². The first-order chi connectivity index (χ1) is 8.11. The molecule has 2 atom stereocenters. The average molecular weight is 235 g/mol. The molecule has 0 radical (unpaired) electrons. The number of aryl methyl sites for hydroxylation is 2. The highest BCUT2D eigenvalue weighted by molar-refractivity contribution is 5.83. The summed E-state index contributed by atoms with van der Waals surface area (Å²) in [5, 5.41) is 4.27. The predicted octanol–water partition coefficient (Wildman–Crippen LogP) is 1.22. The predicted molar refractivity (Wildman–Crippen MR) is 66.5 cm³/mol. The van der Waals surface area contributed by atoms with Crippen molar-refractivity contribution in [3.63, 3.8) is 0 Å². The molecule has 4 heteroatoms. The molecule has 1 aromatic heterocycles. The van der Waals surface area contributed by atoms with E-state index in [0.29, 0.717) is 24.7 Å². The van der Waals surface area contributed by atoms with Crippen molar-refractivity contribution in [2.75, 3.05) is 6.54 Å². The summed E-state index contributed by atoms with van der Waals surface area (Å²) in [6.45, 7) is 2.59. The first-order valence-corrected chi connectivity index (χ1v) is 6.34. The van der Waals surface area contributed by atoms with E-state index in [-0.39, 0.29) is 5.92 Å². The van der Waals surface area contributed by atoms with Gasteiger partial charge in [0.25, 0.3) is 0 Å². The minimum atomic E-state index is 0.176. The zero-order valence-corrected chi connectivity index (χ0v) is 10.6. The Morgan fingerprint density at radius 1 is 1.59 bits per heavy atom. The highest BCUT2D eigenvalue weighted by Crippen LogP contribution is 2.32. The Hall–Kier alpha value is -1.16. The van der Waals surface area contributed by atoms with Gasteiger partial charge in [-0.15, -0.1) is 0 Å². The van der Waals surface area contributed by atoms with E-state index in [9.17, 15) is 4.79 Å². The minimum Gasteiger partial charge on any atom is -0.330 e. The third kappa shape index (κ3) is 2.57. The summed E-state index contributed by atoms with van der Waals surface area (Å²) in [5.74, 6) is 0.910. The SMILES string of the molecule is Cc1cc(CC(=O)C2CCCC2CN)n(C)n1. The van der Waals surface area contributed by atoms with Crippen LogP contribution in [0.3, 0.4) is 0 Å². The van der Waals surface area contributed by atoms with Crippen LogP contribution in [0.2, 0.25) is 0 Å². The van der Waals surface area contributed by atoms with Crippen LogP contribution < -0.4 is 5.73 Å². The standard InChI is InChI=1S/C13H21N3O/c1-9-6-11(16(2)15-9)7-13(17)12-5-3-4-10(12)8-14/h6,10,12H,3-5,7-8,14H2,1-2H3. The molecule has 94 valence electrons. The van der Waals surface area contributed by atoms with E-state index in [1.54, 1.807) is 4.68 Å². The number of nitrogens with zero attached hydrogens (tertiary/aromatic N) is 2. The molecular formula is C13H21N3O. The minimum absolute atomic E-state index is 0.176. The van der Waals surface area contributed by atoms with Gasteiger partial charge in [0.2, 0.25) is 0 Å². The fourth-order valence-electron chi connectivity index (χ4n) is 2.88. The Kier molecular flexibility index (Phi) is 3.62. The van der Waals surface area contributed by atoms with Crippen molar-refractivity contribution in [3.05, 3.63) is 17.5 Å². The monoisotopic (exact) mass is 235 g/mol. The second kappa shape index (κ2) is 5.00. The van der Waals surface area contributed by atoms with E-state index >= 15 is 0 Å². The molecule has 4 nitrogen and oxygen atoms in total. The van der Waals surface area contributed by atoms with E-state index in [4.69, 9.17) is 5.73 Å². The summed E-state index contributed by atoms with van der Waals surface area (Å²) in [5.41, 5.74) is 7.70. The Bertz CT molecular complexity index is 411. The maximum Gasteiger partial charge on any atom is 0.142 e. The molecule has 1 saturated carbocycles. The lowest BCUT2D eigenvalue weighted by atomic mass is 9.90. The molecule has 1 aliphatic carbocycles. The first kappa shape index (κ1) is 12.3. The fraction of sp³-hybridized carbons (Fsp3) is 0.692. The van der Waals surface area contributed by atoms with Crippen LogP contribution in [0.1, 0.15) is 30.7 Å². The average Bonchev–Trinajstić information content (AvgIpc) is 2.85. The molecule has 1 fully saturated rings. The third-order valence-electron chi connectivity index (χ3n) is 3.83. The topological polar surface area (TPSA) is 60.9 Å². The van der Waals surface area contributed by atoms with Gasteiger partial charge >= 0.3 is 0 Å². The van der Waals surface area contributed by atoms with E-state index in [0.717, 1.165) is 30.7 Å². The van der Waals surface area contributed by atoms with Crippen LogP contribution in [0.15, 0.2) is 6.07 Å². The molecule has 0 amide bonds. The normalized spacial score (nSPS) is 24.2. The molecule has 1 heterocycles. The first-order valence-electron chi connectivity index (χ1n) is 6.34. The summed E-state index contributed by atoms with van der Waals surface area (Å²) >= 11 is 0.